The molecule has 88 valence electrons. The summed E-state index contributed by atoms with van der Waals surface area (Å²) < 4.78 is 0. The Bertz CT molecular complexity index is 368. The van der Waals surface area contributed by atoms with Gasteiger partial charge in [0.15, 0.2) is 0 Å². The lowest BCUT2D eigenvalue weighted by Gasteiger charge is -2.29. The highest BCUT2D eigenvalue weighted by molar-refractivity contribution is 7.11. The second kappa shape index (κ2) is 4.46. The fraction of sp³-hybridized carbons (Fsp3) is 0.769. The van der Waals surface area contributed by atoms with Gasteiger partial charge >= 0.3 is 0 Å². The third kappa shape index (κ3) is 2.03. The van der Waals surface area contributed by atoms with Crippen molar-refractivity contribution >= 4 is 11.3 Å². The van der Waals surface area contributed by atoms with Gasteiger partial charge in [-0.2, -0.15) is 0 Å². The van der Waals surface area contributed by atoms with Crippen molar-refractivity contribution in [3.8, 4) is 0 Å². The highest BCUT2D eigenvalue weighted by Gasteiger charge is 2.25. The molecule has 1 fully saturated rings. The molecule has 1 aromatic rings. The number of thiazole rings is 1. The van der Waals surface area contributed by atoms with Crippen LogP contribution in [0.4, 0.5) is 0 Å². The number of aromatic nitrogens is 1. The Kier molecular flexibility index (Phi) is 2.99. The highest BCUT2D eigenvalue weighted by Crippen LogP contribution is 2.34. The molecule has 1 atom stereocenters. The Morgan fingerprint density at radius 1 is 1.31 bits per heavy atom. The fourth-order valence-corrected chi connectivity index (χ4v) is 3.83. The minimum absolute atomic E-state index is 0.607. The zero-order valence-electron chi connectivity index (χ0n) is 9.96. The lowest BCUT2D eigenvalue weighted by atomic mass is 9.85. The Morgan fingerprint density at radius 3 is 2.94 bits per heavy atom. The van der Waals surface area contributed by atoms with Crippen molar-refractivity contribution in [2.75, 3.05) is 6.54 Å². The standard InChI is InChI=1S/C13H20N2S/c1-9-15-12-7-3-6-11(13(12)16-9)14-8-10-4-2-5-10/h10-11,14H,2-8H2,1H3. The Labute approximate surface area is 101 Å². The molecule has 1 aromatic heterocycles. The summed E-state index contributed by atoms with van der Waals surface area (Å²) in [7, 11) is 0. The maximum absolute atomic E-state index is 4.64. The predicted molar refractivity (Wildman–Crippen MR) is 67.9 cm³/mol. The van der Waals surface area contributed by atoms with Crippen LogP contribution in [0.2, 0.25) is 0 Å². The van der Waals surface area contributed by atoms with Crippen molar-refractivity contribution in [1.29, 1.82) is 0 Å². The van der Waals surface area contributed by atoms with Gasteiger partial charge in [0.1, 0.15) is 0 Å². The van der Waals surface area contributed by atoms with Crippen LogP contribution in [-0.4, -0.2) is 11.5 Å². The molecule has 0 bridgehead atoms. The molecule has 0 amide bonds. The first-order valence-electron chi connectivity index (χ1n) is 6.52. The van der Waals surface area contributed by atoms with E-state index >= 15 is 0 Å². The monoisotopic (exact) mass is 236 g/mol. The predicted octanol–water partition coefficient (Wildman–Crippen LogP) is 3.22. The number of fused-ring (bicyclic) bond motifs is 1. The van der Waals surface area contributed by atoms with Gasteiger partial charge in [-0.25, -0.2) is 4.98 Å². The molecule has 0 saturated heterocycles. The van der Waals surface area contributed by atoms with Gasteiger partial charge in [-0.05, 0) is 51.5 Å². The van der Waals surface area contributed by atoms with Gasteiger partial charge in [0.25, 0.3) is 0 Å². The summed E-state index contributed by atoms with van der Waals surface area (Å²) in [6, 6.07) is 0.607. The van der Waals surface area contributed by atoms with E-state index in [0.29, 0.717) is 6.04 Å². The van der Waals surface area contributed by atoms with Crippen LogP contribution in [0.25, 0.3) is 0 Å². The first kappa shape index (κ1) is 10.7. The van der Waals surface area contributed by atoms with Crippen molar-refractivity contribution < 1.29 is 0 Å². The van der Waals surface area contributed by atoms with Crippen LogP contribution in [-0.2, 0) is 6.42 Å². The van der Waals surface area contributed by atoms with Crippen LogP contribution in [0.5, 0.6) is 0 Å². The van der Waals surface area contributed by atoms with Crippen molar-refractivity contribution in [1.82, 2.24) is 10.3 Å². The molecule has 1 heterocycles. The van der Waals surface area contributed by atoms with Crippen LogP contribution in [0.1, 0.15) is 53.7 Å². The number of hydrogen-bond donors (Lipinski definition) is 1. The molecule has 0 aromatic carbocycles. The minimum atomic E-state index is 0.607. The van der Waals surface area contributed by atoms with Gasteiger partial charge < -0.3 is 5.32 Å². The highest BCUT2D eigenvalue weighted by atomic mass is 32.1. The molecule has 0 aliphatic heterocycles. The van der Waals surface area contributed by atoms with Crippen LogP contribution in [0.3, 0.4) is 0 Å². The van der Waals surface area contributed by atoms with Crippen LogP contribution in [0, 0.1) is 12.8 Å². The zero-order valence-corrected chi connectivity index (χ0v) is 10.8. The second-order valence-corrected chi connectivity index (χ2v) is 6.43. The molecule has 1 N–H and O–H groups in total. The normalized spacial score (nSPS) is 25.2. The third-order valence-electron chi connectivity index (χ3n) is 3.94. The smallest absolute Gasteiger partial charge is 0.0900 e. The topological polar surface area (TPSA) is 24.9 Å². The van der Waals surface area contributed by atoms with Gasteiger partial charge in [0, 0.05) is 10.9 Å². The van der Waals surface area contributed by atoms with Crippen LogP contribution in [0.15, 0.2) is 0 Å². The van der Waals surface area contributed by atoms with Gasteiger partial charge in [0.2, 0.25) is 0 Å². The number of rotatable bonds is 3. The van der Waals surface area contributed by atoms with Crippen molar-refractivity contribution in [2.24, 2.45) is 5.92 Å². The van der Waals surface area contributed by atoms with Crippen LogP contribution >= 0.6 is 11.3 Å². The van der Waals surface area contributed by atoms with E-state index in [0.717, 1.165) is 5.92 Å². The van der Waals surface area contributed by atoms with Crippen molar-refractivity contribution in [2.45, 2.75) is 51.5 Å². The molecule has 2 nitrogen and oxygen atoms in total. The zero-order chi connectivity index (χ0) is 11.0. The van der Waals surface area contributed by atoms with E-state index in [4.69, 9.17) is 0 Å². The number of aryl methyl sites for hydroxylation is 2. The summed E-state index contributed by atoms with van der Waals surface area (Å²) in [5.74, 6) is 0.958. The molecule has 3 heteroatoms. The molecule has 16 heavy (non-hydrogen) atoms. The molecule has 0 radical (unpaired) electrons. The van der Waals surface area contributed by atoms with Crippen molar-refractivity contribution in [3.63, 3.8) is 0 Å². The largest absolute Gasteiger partial charge is 0.309 e. The van der Waals surface area contributed by atoms with E-state index in [-0.39, 0.29) is 0 Å². The average molecular weight is 236 g/mol. The summed E-state index contributed by atoms with van der Waals surface area (Å²) >= 11 is 1.90. The Balaban J connectivity index is 1.66. The number of nitrogens with zero attached hydrogens (tertiary/aromatic N) is 1. The van der Waals surface area contributed by atoms with Gasteiger partial charge in [-0.1, -0.05) is 6.42 Å². The van der Waals surface area contributed by atoms with Crippen LogP contribution < -0.4 is 5.32 Å². The Hall–Kier alpha value is -0.410. The van der Waals surface area contributed by atoms with Gasteiger partial charge in [-0.3, -0.25) is 0 Å². The van der Waals surface area contributed by atoms with E-state index in [9.17, 15) is 0 Å². The molecule has 1 saturated carbocycles. The first-order valence-corrected chi connectivity index (χ1v) is 7.34. The summed E-state index contributed by atoms with van der Waals surface area (Å²) in [6.07, 6.45) is 8.13. The summed E-state index contributed by atoms with van der Waals surface area (Å²) in [6.45, 7) is 3.35. The van der Waals surface area contributed by atoms with Gasteiger partial charge in [-0.15, -0.1) is 11.3 Å². The minimum Gasteiger partial charge on any atom is -0.309 e. The molecule has 1 unspecified atom stereocenters. The quantitative estimate of drug-likeness (QED) is 0.871. The van der Waals surface area contributed by atoms with E-state index in [1.165, 1.54) is 60.6 Å². The number of hydrogen-bond acceptors (Lipinski definition) is 3. The SMILES string of the molecule is Cc1nc2c(s1)C(NCC1CCC1)CCC2. The van der Waals surface area contributed by atoms with E-state index in [1.54, 1.807) is 0 Å². The summed E-state index contributed by atoms with van der Waals surface area (Å²) in [5, 5.41) is 5.00. The third-order valence-corrected chi connectivity index (χ3v) is 5.06. The lowest BCUT2D eigenvalue weighted by molar-refractivity contribution is 0.284. The van der Waals surface area contributed by atoms with E-state index in [2.05, 4.69) is 17.2 Å². The second-order valence-electron chi connectivity index (χ2n) is 5.19. The van der Waals surface area contributed by atoms with Gasteiger partial charge in [0.05, 0.1) is 10.7 Å². The molecule has 3 rings (SSSR count). The van der Waals surface area contributed by atoms with Crippen molar-refractivity contribution in [3.05, 3.63) is 15.6 Å². The molecule has 2 aliphatic carbocycles. The number of nitrogens with one attached hydrogen (secondary N) is 1. The van der Waals surface area contributed by atoms with E-state index < -0.39 is 0 Å². The molecular formula is C13H20N2S. The summed E-state index contributed by atoms with van der Waals surface area (Å²) in [4.78, 5) is 6.17. The molecule has 0 spiro atoms. The lowest BCUT2D eigenvalue weighted by Crippen LogP contribution is -2.31. The summed E-state index contributed by atoms with van der Waals surface area (Å²) in [5.41, 5.74) is 1.37. The fourth-order valence-electron chi connectivity index (χ4n) is 2.74. The maximum atomic E-state index is 4.64. The average Bonchev–Trinajstić information content (AvgIpc) is 2.56. The Morgan fingerprint density at radius 2 is 2.19 bits per heavy atom. The maximum Gasteiger partial charge on any atom is 0.0900 e. The van der Waals surface area contributed by atoms with E-state index in [1.807, 2.05) is 11.3 Å². The molecule has 2 aliphatic rings. The first-order chi connectivity index (χ1) is 7.83. The molecular weight excluding hydrogens is 216 g/mol.